The third-order valence-corrected chi connectivity index (χ3v) is 7.97. The molecule has 41 heavy (non-hydrogen) atoms. The molecule has 1 N–H and O–H groups in total. The predicted octanol–water partition coefficient (Wildman–Crippen LogP) is 5.18. The number of hydrogen-bond donors (Lipinski definition) is 1. The van der Waals surface area contributed by atoms with Crippen molar-refractivity contribution in [2.24, 2.45) is 0 Å². The number of nitrogens with zero attached hydrogens (tertiary/aromatic N) is 5. The van der Waals surface area contributed by atoms with Crippen LogP contribution in [0.3, 0.4) is 0 Å². The van der Waals surface area contributed by atoms with Crippen molar-refractivity contribution in [2.75, 3.05) is 39.8 Å². The van der Waals surface area contributed by atoms with Crippen molar-refractivity contribution in [3.05, 3.63) is 42.2 Å². The summed E-state index contributed by atoms with van der Waals surface area (Å²) in [6.07, 6.45) is 15.2. The smallest absolute Gasteiger partial charge is 0.251 e. The van der Waals surface area contributed by atoms with Crippen LogP contribution in [-0.4, -0.2) is 87.5 Å². The monoisotopic (exact) mass is 584 g/mol. The van der Waals surface area contributed by atoms with Gasteiger partial charge < -0.3 is 19.9 Å². The normalized spacial score (nSPS) is 14.5. The van der Waals surface area contributed by atoms with Crippen molar-refractivity contribution in [3.8, 4) is 5.69 Å². The van der Waals surface area contributed by atoms with Crippen LogP contribution in [0.5, 0.6) is 0 Å². The highest BCUT2D eigenvalue weighted by Gasteiger charge is 2.19. The minimum absolute atomic E-state index is 0.0624. The fourth-order valence-electron chi connectivity index (χ4n) is 5.03. The van der Waals surface area contributed by atoms with Crippen molar-refractivity contribution in [1.82, 2.24) is 30.1 Å². The third kappa shape index (κ3) is 12.3. The minimum atomic E-state index is -0.0624. The number of piperazine rings is 1. The van der Waals surface area contributed by atoms with E-state index in [1.165, 1.54) is 32.1 Å². The molecule has 1 aliphatic rings. The summed E-state index contributed by atoms with van der Waals surface area (Å²) < 4.78 is 7.48. The van der Waals surface area contributed by atoms with Gasteiger partial charge in [-0.05, 0) is 69.2 Å². The molecule has 226 valence electrons. The van der Waals surface area contributed by atoms with Crippen molar-refractivity contribution >= 4 is 29.1 Å². The molecule has 1 atom stereocenters. The summed E-state index contributed by atoms with van der Waals surface area (Å²) in [4.78, 5) is 29.7. The predicted molar refractivity (Wildman–Crippen MR) is 166 cm³/mol. The van der Waals surface area contributed by atoms with Gasteiger partial charge in [0.1, 0.15) is 0 Å². The van der Waals surface area contributed by atoms with Gasteiger partial charge in [-0.1, -0.05) is 50.7 Å². The van der Waals surface area contributed by atoms with Crippen molar-refractivity contribution in [1.29, 1.82) is 0 Å². The summed E-state index contributed by atoms with van der Waals surface area (Å²) in [5, 5.41) is 11.7. The Morgan fingerprint density at radius 2 is 1.66 bits per heavy atom. The number of unbranched alkanes of at least 4 members (excludes halogenated alkanes) is 5. The first kappa shape index (κ1) is 32.7. The molecule has 2 aromatic rings. The number of carbonyl (C=O) groups excluding carboxylic acids is 2. The highest BCUT2D eigenvalue weighted by Crippen LogP contribution is 2.14. The molecule has 0 aliphatic carbocycles. The number of ether oxygens (including phenoxy) is 1. The summed E-state index contributed by atoms with van der Waals surface area (Å²) in [7, 11) is 2.09. The van der Waals surface area contributed by atoms with E-state index in [0.29, 0.717) is 30.1 Å². The number of likely N-dealkylation sites (N-methyl/N-ethyl adjacent to an activating group) is 1. The lowest BCUT2D eigenvalue weighted by molar-refractivity contribution is -0.132. The number of amides is 2. The highest BCUT2D eigenvalue weighted by atomic mass is 32.1. The van der Waals surface area contributed by atoms with Gasteiger partial charge in [0.15, 0.2) is 5.05 Å². The van der Waals surface area contributed by atoms with Crippen molar-refractivity contribution < 1.29 is 14.3 Å². The maximum absolute atomic E-state index is 13.0. The Kier molecular flexibility index (Phi) is 14.8. The van der Waals surface area contributed by atoms with E-state index in [9.17, 15) is 9.59 Å². The number of carbonyl (C=O) groups is 2. The number of nitrogens with one attached hydrogen (secondary N) is 1. The van der Waals surface area contributed by atoms with Gasteiger partial charge >= 0.3 is 0 Å². The Hall–Kier alpha value is -2.85. The summed E-state index contributed by atoms with van der Waals surface area (Å²) in [5.74, 6) is 0.148. The summed E-state index contributed by atoms with van der Waals surface area (Å²) in [5.41, 5.74) is 1.49. The zero-order chi connectivity index (χ0) is 29.3. The molecule has 1 aliphatic heterocycles. The molecule has 1 saturated heterocycles. The van der Waals surface area contributed by atoms with Crippen LogP contribution in [-0.2, 0) is 9.53 Å². The minimum Gasteiger partial charge on any atom is -0.487 e. The Labute approximate surface area is 251 Å². The number of rotatable bonds is 18. The van der Waals surface area contributed by atoms with E-state index >= 15 is 0 Å². The van der Waals surface area contributed by atoms with Gasteiger partial charge in [0, 0.05) is 50.6 Å². The lowest BCUT2D eigenvalue weighted by Gasteiger charge is -2.32. The Morgan fingerprint density at radius 1 is 0.951 bits per heavy atom. The molecule has 2 amide bonds. The second-order valence-electron chi connectivity index (χ2n) is 11.0. The second-order valence-corrected chi connectivity index (χ2v) is 11.5. The lowest BCUT2D eigenvalue weighted by Crippen LogP contribution is -2.47. The average molecular weight is 585 g/mol. The van der Waals surface area contributed by atoms with Crippen LogP contribution in [0, 0.1) is 0 Å². The van der Waals surface area contributed by atoms with Gasteiger partial charge in [0.2, 0.25) is 5.91 Å². The molecule has 0 bridgehead atoms. The van der Waals surface area contributed by atoms with Gasteiger partial charge in [0.05, 0.1) is 24.7 Å². The van der Waals surface area contributed by atoms with Crippen LogP contribution in [0.4, 0.5) is 0 Å². The molecule has 0 saturated carbocycles. The van der Waals surface area contributed by atoms with Gasteiger partial charge in [-0.2, -0.15) is 0 Å². The Balaban J connectivity index is 1.38. The molecule has 0 radical (unpaired) electrons. The van der Waals surface area contributed by atoms with E-state index in [1.54, 1.807) is 17.1 Å². The van der Waals surface area contributed by atoms with E-state index < -0.39 is 0 Å². The lowest BCUT2D eigenvalue weighted by atomic mass is 10.0. The maximum Gasteiger partial charge on any atom is 0.251 e. The highest BCUT2D eigenvalue weighted by molar-refractivity contribution is 7.80. The number of thiocarbonyl (C=S) groups is 1. The molecule has 0 spiro atoms. The number of hydrogen-bond acceptors (Lipinski definition) is 7. The topological polar surface area (TPSA) is 92.6 Å². The van der Waals surface area contributed by atoms with Crippen LogP contribution < -0.4 is 5.32 Å². The fraction of sp³-hybridized carbons (Fsp3) is 0.645. The van der Waals surface area contributed by atoms with Crippen LogP contribution >= 0.6 is 12.2 Å². The van der Waals surface area contributed by atoms with E-state index in [2.05, 4.69) is 34.5 Å². The molecule has 1 fully saturated rings. The zero-order valence-corrected chi connectivity index (χ0v) is 25.7. The van der Waals surface area contributed by atoms with E-state index in [1.807, 2.05) is 29.2 Å². The first-order chi connectivity index (χ1) is 20.0. The Morgan fingerprint density at radius 3 is 2.37 bits per heavy atom. The second kappa shape index (κ2) is 18.6. The number of aromatic nitrogens is 3. The van der Waals surface area contributed by atoms with E-state index in [-0.39, 0.29) is 17.9 Å². The largest absolute Gasteiger partial charge is 0.487 e. The van der Waals surface area contributed by atoms with Crippen molar-refractivity contribution in [2.45, 2.75) is 90.0 Å². The van der Waals surface area contributed by atoms with Gasteiger partial charge in [-0.15, -0.1) is 5.10 Å². The molecular weight excluding hydrogens is 536 g/mol. The maximum atomic E-state index is 13.0. The summed E-state index contributed by atoms with van der Waals surface area (Å²) >= 11 is 5.42. The van der Waals surface area contributed by atoms with Gasteiger partial charge in [0.25, 0.3) is 5.91 Å². The van der Waals surface area contributed by atoms with Crippen molar-refractivity contribution in [3.63, 3.8) is 0 Å². The van der Waals surface area contributed by atoms with Crippen LogP contribution in [0.2, 0.25) is 0 Å². The van der Waals surface area contributed by atoms with Crippen LogP contribution in [0.15, 0.2) is 36.7 Å². The SMILES string of the molecule is CCCCCCCC[C@@H](CCCOC(=S)CCCC(=O)N1CCN(C)CC1)NC(=O)c1ccc(-n2ccnn2)cc1. The molecule has 1 aromatic heterocycles. The zero-order valence-electron chi connectivity index (χ0n) is 24.9. The first-order valence-corrected chi connectivity index (χ1v) is 15.8. The average Bonchev–Trinajstić information content (AvgIpc) is 3.52. The van der Waals surface area contributed by atoms with Gasteiger partial charge in [-0.25, -0.2) is 4.68 Å². The standard InChI is InChI=1S/C31H48N6O3S/c1-3-4-5-6-7-8-11-27(33-31(39)26-15-17-28(18-16-26)37-20-19-32-34-37)12-10-25-40-30(41)14-9-13-29(38)36-23-21-35(2)22-24-36/h15-20,27H,3-14,21-25H2,1-2H3,(H,33,39)/t27-/m0/s1. The molecule has 1 aromatic carbocycles. The molecule has 0 unspecified atom stereocenters. The quantitative estimate of drug-likeness (QED) is 0.191. The summed E-state index contributed by atoms with van der Waals surface area (Å²) in [6.45, 7) is 6.24. The first-order valence-electron chi connectivity index (χ1n) is 15.4. The Bertz CT molecular complexity index is 1040. The van der Waals surface area contributed by atoms with Crippen LogP contribution in [0.1, 0.15) is 94.3 Å². The molecule has 10 heteroatoms. The summed E-state index contributed by atoms with van der Waals surface area (Å²) in [6, 6.07) is 7.48. The van der Waals surface area contributed by atoms with E-state index in [0.717, 1.165) is 64.0 Å². The van der Waals surface area contributed by atoms with Gasteiger partial charge in [-0.3, -0.25) is 9.59 Å². The molecule has 2 heterocycles. The van der Waals surface area contributed by atoms with E-state index in [4.69, 9.17) is 17.0 Å². The fourth-order valence-corrected chi connectivity index (χ4v) is 5.25. The molecular formula is C31H48N6O3S. The number of benzene rings is 1. The third-order valence-electron chi connectivity index (χ3n) is 7.65. The molecule has 3 rings (SSSR count). The molecule has 9 nitrogen and oxygen atoms in total. The van der Waals surface area contributed by atoms with Crippen LogP contribution in [0.25, 0.3) is 5.69 Å².